The largest absolute Gasteiger partial charge is 0.352 e. The molecule has 0 saturated heterocycles. The van der Waals surface area contributed by atoms with Crippen LogP contribution in [0.3, 0.4) is 0 Å². The van der Waals surface area contributed by atoms with Gasteiger partial charge in [0.25, 0.3) is 0 Å². The minimum absolute atomic E-state index is 0.120. The summed E-state index contributed by atoms with van der Waals surface area (Å²) in [7, 11) is 0. The first kappa shape index (κ1) is 14.5. The number of hydrogen-bond acceptors (Lipinski definition) is 2. The van der Waals surface area contributed by atoms with Gasteiger partial charge in [-0.3, -0.25) is 4.79 Å². The van der Waals surface area contributed by atoms with E-state index in [1.165, 1.54) is 6.42 Å². The zero-order valence-corrected chi connectivity index (χ0v) is 12.7. The molecule has 0 aromatic heterocycles. The van der Waals surface area contributed by atoms with Gasteiger partial charge in [-0.25, -0.2) is 0 Å². The Balaban J connectivity index is 1.96. The quantitative estimate of drug-likeness (QED) is 0.894. The first-order chi connectivity index (χ1) is 9.16. The van der Waals surface area contributed by atoms with Crippen LogP contribution in [0.1, 0.15) is 37.7 Å². The predicted molar refractivity (Wildman–Crippen MR) is 80.6 cm³/mol. The molecule has 0 aliphatic heterocycles. The Kier molecular flexibility index (Phi) is 4.99. The molecule has 0 unspecified atom stereocenters. The molecule has 1 aliphatic rings. The van der Waals surface area contributed by atoms with Crippen molar-refractivity contribution in [3.05, 3.63) is 34.3 Å². The Morgan fingerprint density at radius 2 is 2.05 bits per heavy atom. The molecule has 2 rings (SSSR count). The van der Waals surface area contributed by atoms with Crippen molar-refractivity contribution in [1.29, 1.82) is 0 Å². The van der Waals surface area contributed by atoms with E-state index in [-0.39, 0.29) is 11.3 Å². The third kappa shape index (κ3) is 3.57. The van der Waals surface area contributed by atoms with Crippen molar-refractivity contribution in [1.82, 2.24) is 5.32 Å². The molecule has 0 heterocycles. The second kappa shape index (κ2) is 6.53. The maximum atomic E-state index is 12.4. The Hall–Kier alpha value is -0.870. The van der Waals surface area contributed by atoms with E-state index >= 15 is 0 Å². The van der Waals surface area contributed by atoms with E-state index in [2.05, 4.69) is 21.2 Å². The van der Waals surface area contributed by atoms with E-state index < -0.39 is 0 Å². The molecule has 1 aromatic carbocycles. The topological polar surface area (TPSA) is 55.1 Å². The van der Waals surface area contributed by atoms with E-state index in [0.29, 0.717) is 13.1 Å². The summed E-state index contributed by atoms with van der Waals surface area (Å²) < 4.78 is 1.03. The van der Waals surface area contributed by atoms with Crippen molar-refractivity contribution < 1.29 is 4.79 Å². The highest BCUT2D eigenvalue weighted by Crippen LogP contribution is 2.35. The predicted octanol–water partition coefficient (Wildman–Crippen LogP) is 2.97. The van der Waals surface area contributed by atoms with Crippen LogP contribution in [-0.2, 0) is 11.3 Å². The van der Waals surface area contributed by atoms with Crippen LogP contribution in [0.25, 0.3) is 0 Å². The summed E-state index contributed by atoms with van der Waals surface area (Å²) in [5, 5.41) is 3.05. The average Bonchev–Trinajstić information content (AvgIpc) is 2.45. The summed E-state index contributed by atoms with van der Waals surface area (Å²) in [6, 6.07) is 8.00. The molecule has 1 amide bonds. The standard InChI is InChI=1S/C15H21BrN2O/c16-13-6-4-5-12(9-13)10-18-14(19)15(11-17)7-2-1-3-8-15/h4-6,9H,1-3,7-8,10-11,17H2,(H,18,19). The fourth-order valence-corrected chi connectivity index (χ4v) is 3.22. The van der Waals surface area contributed by atoms with E-state index in [1.807, 2.05) is 24.3 Å². The van der Waals surface area contributed by atoms with Crippen molar-refractivity contribution in [2.75, 3.05) is 6.54 Å². The maximum Gasteiger partial charge on any atom is 0.227 e. The Bertz CT molecular complexity index is 442. The van der Waals surface area contributed by atoms with Crippen LogP contribution in [-0.4, -0.2) is 12.5 Å². The molecule has 1 aliphatic carbocycles. The molecule has 0 atom stereocenters. The minimum atomic E-state index is -0.329. The van der Waals surface area contributed by atoms with Crippen LogP contribution < -0.4 is 11.1 Å². The average molecular weight is 325 g/mol. The van der Waals surface area contributed by atoms with Gasteiger partial charge in [-0.05, 0) is 30.5 Å². The molecule has 19 heavy (non-hydrogen) atoms. The second-order valence-electron chi connectivity index (χ2n) is 5.36. The highest BCUT2D eigenvalue weighted by Gasteiger charge is 2.37. The lowest BCUT2D eigenvalue weighted by atomic mass is 9.73. The monoisotopic (exact) mass is 324 g/mol. The van der Waals surface area contributed by atoms with E-state index in [1.54, 1.807) is 0 Å². The van der Waals surface area contributed by atoms with Crippen LogP contribution in [0.5, 0.6) is 0 Å². The summed E-state index contributed by atoms with van der Waals surface area (Å²) in [5.41, 5.74) is 6.64. The zero-order chi connectivity index (χ0) is 13.7. The molecule has 4 heteroatoms. The molecule has 3 nitrogen and oxygen atoms in total. The highest BCUT2D eigenvalue weighted by atomic mass is 79.9. The van der Waals surface area contributed by atoms with E-state index in [4.69, 9.17) is 5.73 Å². The molecule has 104 valence electrons. The second-order valence-corrected chi connectivity index (χ2v) is 6.27. The minimum Gasteiger partial charge on any atom is -0.352 e. The number of halogens is 1. The van der Waals surface area contributed by atoms with E-state index in [9.17, 15) is 4.79 Å². The van der Waals surface area contributed by atoms with Gasteiger partial charge in [0.2, 0.25) is 5.91 Å². The zero-order valence-electron chi connectivity index (χ0n) is 11.1. The van der Waals surface area contributed by atoms with Crippen molar-refractivity contribution in [2.45, 2.75) is 38.6 Å². The van der Waals surface area contributed by atoms with Crippen molar-refractivity contribution in [2.24, 2.45) is 11.1 Å². The SMILES string of the molecule is NCC1(C(=O)NCc2cccc(Br)c2)CCCCC1. The van der Waals surface area contributed by atoms with Crippen molar-refractivity contribution in [3.8, 4) is 0 Å². The smallest absolute Gasteiger partial charge is 0.227 e. The third-order valence-electron chi connectivity index (χ3n) is 4.03. The number of nitrogens with one attached hydrogen (secondary N) is 1. The number of carbonyl (C=O) groups is 1. The number of hydrogen-bond donors (Lipinski definition) is 2. The van der Waals surface area contributed by atoms with Crippen LogP contribution >= 0.6 is 15.9 Å². The molecule has 1 saturated carbocycles. The van der Waals surface area contributed by atoms with Crippen LogP contribution in [0.2, 0.25) is 0 Å². The van der Waals surface area contributed by atoms with Gasteiger partial charge in [0.1, 0.15) is 0 Å². The summed E-state index contributed by atoms with van der Waals surface area (Å²) in [6.45, 7) is 1.03. The van der Waals surface area contributed by atoms with Gasteiger partial charge in [0.05, 0.1) is 5.41 Å². The van der Waals surface area contributed by atoms with Gasteiger partial charge < -0.3 is 11.1 Å². The Labute approximate surface area is 123 Å². The van der Waals surface area contributed by atoms with Gasteiger partial charge in [-0.15, -0.1) is 0 Å². The number of benzene rings is 1. The molecule has 0 spiro atoms. The normalized spacial score (nSPS) is 18.0. The lowest BCUT2D eigenvalue weighted by Gasteiger charge is -2.34. The van der Waals surface area contributed by atoms with Gasteiger partial charge >= 0.3 is 0 Å². The Morgan fingerprint density at radius 3 is 2.68 bits per heavy atom. The molecule has 0 bridgehead atoms. The van der Waals surface area contributed by atoms with Crippen molar-refractivity contribution >= 4 is 21.8 Å². The lowest BCUT2D eigenvalue weighted by Crippen LogP contribution is -2.46. The number of amides is 1. The van der Waals surface area contributed by atoms with Gasteiger partial charge in [-0.2, -0.15) is 0 Å². The van der Waals surface area contributed by atoms with Gasteiger partial charge in [-0.1, -0.05) is 47.3 Å². The molecular weight excluding hydrogens is 304 g/mol. The molecule has 1 aromatic rings. The Morgan fingerprint density at radius 1 is 1.32 bits per heavy atom. The highest BCUT2D eigenvalue weighted by molar-refractivity contribution is 9.10. The van der Waals surface area contributed by atoms with Crippen LogP contribution in [0.4, 0.5) is 0 Å². The molecule has 3 N–H and O–H groups in total. The number of rotatable bonds is 4. The fraction of sp³-hybridized carbons (Fsp3) is 0.533. The van der Waals surface area contributed by atoms with Crippen LogP contribution in [0.15, 0.2) is 28.7 Å². The first-order valence-electron chi connectivity index (χ1n) is 6.89. The first-order valence-corrected chi connectivity index (χ1v) is 7.68. The van der Waals surface area contributed by atoms with Crippen molar-refractivity contribution in [3.63, 3.8) is 0 Å². The maximum absolute atomic E-state index is 12.4. The van der Waals surface area contributed by atoms with Crippen LogP contribution in [0, 0.1) is 5.41 Å². The molecular formula is C15H21BrN2O. The van der Waals surface area contributed by atoms with Gasteiger partial charge in [0, 0.05) is 17.6 Å². The molecule has 0 radical (unpaired) electrons. The summed E-state index contributed by atoms with van der Waals surface area (Å²) in [4.78, 5) is 12.4. The summed E-state index contributed by atoms with van der Waals surface area (Å²) in [5.74, 6) is 0.120. The lowest BCUT2D eigenvalue weighted by molar-refractivity contribution is -0.132. The van der Waals surface area contributed by atoms with Gasteiger partial charge in [0.15, 0.2) is 0 Å². The third-order valence-corrected chi connectivity index (χ3v) is 4.52. The number of nitrogens with two attached hydrogens (primary N) is 1. The summed E-state index contributed by atoms with van der Waals surface area (Å²) in [6.07, 6.45) is 5.30. The molecule has 1 fully saturated rings. The van der Waals surface area contributed by atoms with E-state index in [0.717, 1.165) is 35.7 Å². The number of carbonyl (C=O) groups excluding carboxylic acids is 1. The summed E-state index contributed by atoms with van der Waals surface area (Å²) >= 11 is 3.44. The fourth-order valence-electron chi connectivity index (χ4n) is 2.77.